The van der Waals surface area contributed by atoms with Crippen LogP contribution in [-0.4, -0.2) is 93.9 Å². The van der Waals surface area contributed by atoms with Crippen LogP contribution in [0.1, 0.15) is 39.5 Å². The van der Waals surface area contributed by atoms with E-state index < -0.39 is 16.3 Å². The van der Waals surface area contributed by atoms with E-state index in [0.717, 1.165) is 17.3 Å². The van der Waals surface area contributed by atoms with Gasteiger partial charge in [-0.25, -0.2) is 8.42 Å². The second-order valence-corrected chi connectivity index (χ2v) is 11.9. The van der Waals surface area contributed by atoms with E-state index in [1.54, 1.807) is 12.1 Å². The first-order chi connectivity index (χ1) is 18.6. The van der Waals surface area contributed by atoms with Gasteiger partial charge >= 0.3 is 0 Å². The minimum atomic E-state index is -3.87. The molecule has 2 aliphatic rings. The Morgan fingerprint density at radius 1 is 1.26 bits per heavy atom. The molecule has 3 rings (SSSR count). The maximum absolute atomic E-state index is 13.1. The number of aliphatic hydroxyl groups is 1. The average Bonchev–Trinajstić information content (AvgIpc) is 3.34. The lowest BCUT2D eigenvalue weighted by atomic mass is 9.90. The van der Waals surface area contributed by atoms with Gasteiger partial charge in [0.15, 0.2) is 5.76 Å². The number of amides is 2. The average molecular weight is 568 g/mol. The number of carbonyl (C=O) groups excluding carboxylic acids is 2. The van der Waals surface area contributed by atoms with E-state index in [1.807, 2.05) is 11.0 Å². The van der Waals surface area contributed by atoms with Crippen LogP contribution in [0.25, 0.3) is 0 Å². The minimum absolute atomic E-state index is 0.00158. The highest BCUT2D eigenvalue weighted by molar-refractivity contribution is 7.89. The molecular weight excluding hydrogens is 526 g/mol. The lowest BCUT2D eigenvalue weighted by Crippen LogP contribution is -2.39. The third kappa shape index (κ3) is 8.66. The van der Waals surface area contributed by atoms with E-state index in [4.69, 9.17) is 14.2 Å². The molecule has 1 fully saturated rings. The third-order valence-corrected chi connectivity index (χ3v) is 8.83. The molecule has 0 aliphatic carbocycles. The topological polar surface area (TPSA) is 135 Å². The molecule has 0 bridgehead atoms. The zero-order chi connectivity index (χ0) is 28.4. The molecule has 0 radical (unpaired) electrons. The van der Waals surface area contributed by atoms with E-state index in [9.17, 15) is 23.1 Å². The maximum atomic E-state index is 13.1. The number of methoxy groups -OCH3 is 1. The van der Waals surface area contributed by atoms with Crippen LogP contribution < -0.4 is 10.1 Å². The summed E-state index contributed by atoms with van der Waals surface area (Å²) in [7, 11) is -2.37. The van der Waals surface area contributed by atoms with Gasteiger partial charge in [-0.1, -0.05) is 13.8 Å². The molecule has 2 atom stereocenters. The second kappa shape index (κ2) is 14.6. The summed E-state index contributed by atoms with van der Waals surface area (Å²) in [6, 6.07) is 6.03. The standard InChI is InChI=1S/C27H41N3O8S/c1-20(2)21-18-24(27(33)28-11-5-13-29-12-4-6-25(29)32)38-26(19-21)37-17-15-30(14-16-31)39(34,35)23-9-7-22(36-3)8-10-23/h7-10,18,20-21,26,31H,4-6,11-17,19H2,1-3H3,(H,28,33)/t21-,26+/m0/s1. The summed E-state index contributed by atoms with van der Waals surface area (Å²) in [5.41, 5.74) is 0. The summed E-state index contributed by atoms with van der Waals surface area (Å²) in [4.78, 5) is 26.5. The van der Waals surface area contributed by atoms with Crippen LogP contribution >= 0.6 is 0 Å². The van der Waals surface area contributed by atoms with Gasteiger partial charge in [-0.3, -0.25) is 9.59 Å². The fourth-order valence-corrected chi connectivity index (χ4v) is 5.97. The van der Waals surface area contributed by atoms with Crippen LogP contribution in [0.5, 0.6) is 5.75 Å². The van der Waals surface area contributed by atoms with Crippen molar-refractivity contribution in [3.05, 3.63) is 36.1 Å². The van der Waals surface area contributed by atoms with Crippen LogP contribution in [0.3, 0.4) is 0 Å². The number of nitrogens with zero attached hydrogens (tertiary/aromatic N) is 2. The quantitative estimate of drug-likeness (QED) is 0.306. The Balaban J connectivity index is 1.54. The number of nitrogens with one attached hydrogen (secondary N) is 1. The van der Waals surface area contributed by atoms with Crippen LogP contribution in [0.2, 0.25) is 0 Å². The van der Waals surface area contributed by atoms with Gasteiger partial charge in [-0.05, 0) is 55.0 Å². The van der Waals surface area contributed by atoms with E-state index >= 15 is 0 Å². The summed E-state index contributed by atoms with van der Waals surface area (Å²) in [5.74, 6) is 0.822. The number of rotatable bonds is 15. The van der Waals surface area contributed by atoms with Gasteiger partial charge in [-0.2, -0.15) is 4.31 Å². The zero-order valence-corrected chi connectivity index (χ0v) is 23.8. The zero-order valence-electron chi connectivity index (χ0n) is 23.0. The van der Waals surface area contributed by atoms with Crippen LogP contribution in [0.15, 0.2) is 41.0 Å². The molecular formula is C27H41N3O8S. The van der Waals surface area contributed by atoms with E-state index in [0.29, 0.717) is 38.1 Å². The number of ether oxygens (including phenoxy) is 3. The number of hydrogen-bond acceptors (Lipinski definition) is 8. The molecule has 11 nitrogen and oxygen atoms in total. The van der Waals surface area contributed by atoms with Crippen molar-refractivity contribution in [2.75, 3.05) is 53.0 Å². The van der Waals surface area contributed by atoms with Crippen LogP contribution in [0, 0.1) is 11.8 Å². The predicted octanol–water partition coefficient (Wildman–Crippen LogP) is 1.73. The van der Waals surface area contributed by atoms with Gasteiger partial charge in [-0.15, -0.1) is 0 Å². The fourth-order valence-electron chi connectivity index (χ4n) is 4.56. The molecule has 2 aliphatic heterocycles. The van der Waals surface area contributed by atoms with E-state index in [2.05, 4.69) is 19.2 Å². The Morgan fingerprint density at radius 3 is 2.62 bits per heavy atom. The molecule has 0 unspecified atom stereocenters. The van der Waals surface area contributed by atoms with Crippen molar-refractivity contribution < 1.29 is 37.3 Å². The summed E-state index contributed by atoms with van der Waals surface area (Å²) in [6.07, 6.45) is 3.75. The van der Waals surface area contributed by atoms with Gasteiger partial charge in [0.25, 0.3) is 5.91 Å². The lowest BCUT2D eigenvalue weighted by Gasteiger charge is -2.31. The molecule has 1 aromatic rings. The third-order valence-electron chi connectivity index (χ3n) is 6.92. The molecule has 0 spiro atoms. The summed E-state index contributed by atoms with van der Waals surface area (Å²) < 4.78 is 44.2. The molecule has 2 heterocycles. The van der Waals surface area contributed by atoms with Gasteiger partial charge in [0, 0.05) is 45.6 Å². The summed E-state index contributed by atoms with van der Waals surface area (Å²) >= 11 is 0. The number of hydrogen-bond donors (Lipinski definition) is 2. The van der Waals surface area contributed by atoms with Crippen molar-refractivity contribution in [1.29, 1.82) is 0 Å². The van der Waals surface area contributed by atoms with Crippen molar-refractivity contribution in [1.82, 2.24) is 14.5 Å². The molecule has 218 valence electrons. The maximum Gasteiger partial charge on any atom is 0.286 e. The normalized spacial score (nSPS) is 19.8. The number of allylic oxidation sites excluding steroid dienone is 1. The Bertz CT molecular complexity index is 1090. The number of likely N-dealkylation sites (tertiary alicyclic amines) is 1. The van der Waals surface area contributed by atoms with E-state index in [-0.39, 0.29) is 60.6 Å². The first kappa shape index (κ1) is 30.9. The monoisotopic (exact) mass is 567 g/mol. The number of sulfonamides is 1. The smallest absolute Gasteiger partial charge is 0.286 e. The molecule has 2 N–H and O–H groups in total. The Morgan fingerprint density at radius 2 is 2.00 bits per heavy atom. The van der Waals surface area contributed by atoms with Gasteiger partial charge in [0.1, 0.15) is 5.75 Å². The summed E-state index contributed by atoms with van der Waals surface area (Å²) in [6.45, 7) is 5.49. The van der Waals surface area contributed by atoms with Crippen LogP contribution in [0.4, 0.5) is 0 Å². The molecule has 0 aromatic heterocycles. The van der Waals surface area contributed by atoms with Crippen molar-refractivity contribution in [2.24, 2.45) is 11.8 Å². The number of benzene rings is 1. The first-order valence-corrected chi connectivity index (χ1v) is 14.9. The minimum Gasteiger partial charge on any atom is -0.497 e. The summed E-state index contributed by atoms with van der Waals surface area (Å²) in [5, 5.41) is 12.3. The van der Waals surface area contributed by atoms with Crippen molar-refractivity contribution in [2.45, 2.75) is 50.7 Å². The predicted molar refractivity (Wildman–Crippen MR) is 144 cm³/mol. The highest BCUT2D eigenvalue weighted by Crippen LogP contribution is 2.29. The lowest BCUT2D eigenvalue weighted by molar-refractivity contribution is -0.150. The molecule has 2 amide bonds. The fraction of sp³-hybridized carbons (Fsp3) is 0.630. The molecule has 0 saturated carbocycles. The molecule has 1 aromatic carbocycles. The highest BCUT2D eigenvalue weighted by atomic mass is 32.2. The molecule has 1 saturated heterocycles. The number of carbonyl (C=O) groups is 2. The largest absolute Gasteiger partial charge is 0.497 e. The second-order valence-electron chi connectivity index (χ2n) is 9.99. The van der Waals surface area contributed by atoms with Gasteiger partial charge in [0.2, 0.25) is 22.2 Å². The Labute approximate surface area is 231 Å². The van der Waals surface area contributed by atoms with Crippen molar-refractivity contribution >= 4 is 21.8 Å². The van der Waals surface area contributed by atoms with Gasteiger partial charge < -0.3 is 29.5 Å². The van der Waals surface area contributed by atoms with E-state index in [1.165, 1.54) is 19.2 Å². The van der Waals surface area contributed by atoms with Crippen molar-refractivity contribution in [3.8, 4) is 5.75 Å². The van der Waals surface area contributed by atoms with Crippen LogP contribution in [-0.2, 0) is 29.1 Å². The van der Waals surface area contributed by atoms with Gasteiger partial charge in [0.05, 0.1) is 25.2 Å². The Hall–Kier alpha value is -2.67. The Kier molecular flexibility index (Phi) is 11.6. The first-order valence-electron chi connectivity index (χ1n) is 13.5. The molecule has 39 heavy (non-hydrogen) atoms. The van der Waals surface area contributed by atoms with Crippen molar-refractivity contribution in [3.63, 3.8) is 0 Å². The SMILES string of the molecule is COc1ccc(S(=O)(=O)N(CCO)CCO[C@H]2C[C@@H](C(C)C)C=C(C(=O)NCCCN3CCCC3=O)O2)cc1. The highest BCUT2D eigenvalue weighted by Gasteiger charge is 2.30. The number of aliphatic hydroxyl groups excluding tert-OH is 1. The molecule has 12 heteroatoms.